The van der Waals surface area contributed by atoms with Crippen LogP contribution in [-0.4, -0.2) is 31.1 Å². The van der Waals surface area contributed by atoms with Crippen LogP contribution in [0.15, 0.2) is 54.6 Å². The Balaban J connectivity index is 2.01. The molecule has 0 unspecified atom stereocenters. The Morgan fingerprint density at radius 3 is 2.13 bits per heavy atom. The summed E-state index contributed by atoms with van der Waals surface area (Å²) in [7, 11) is 0. The third-order valence-corrected chi connectivity index (χ3v) is 4.32. The van der Waals surface area contributed by atoms with Crippen LogP contribution < -0.4 is 0 Å². The fourth-order valence-corrected chi connectivity index (χ4v) is 2.81. The van der Waals surface area contributed by atoms with Crippen LogP contribution in [0.4, 0.5) is 0 Å². The van der Waals surface area contributed by atoms with Crippen LogP contribution in [0, 0.1) is 0 Å². The molecular weight excluding hydrogens is 306 g/mol. The predicted molar refractivity (Wildman–Crippen MR) is 98.1 cm³/mol. The lowest BCUT2D eigenvalue weighted by Gasteiger charge is -2.21. The molecule has 0 amide bonds. The van der Waals surface area contributed by atoms with E-state index in [1.807, 2.05) is 30.3 Å². The van der Waals surface area contributed by atoms with Crippen LogP contribution in [0.3, 0.4) is 0 Å². The van der Waals surface area contributed by atoms with Crippen LogP contribution in [-0.2, 0) is 4.74 Å². The normalized spacial score (nSPS) is 12.5. The smallest absolute Gasteiger partial charge is 0.108 e. The number of ether oxygens (including phenoxy) is 1. The summed E-state index contributed by atoms with van der Waals surface area (Å²) in [6.07, 6.45) is 1.00. The van der Waals surface area contributed by atoms with Crippen molar-refractivity contribution in [3.8, 4) is 0 Å². The first-order valence-electron chi connectivity index (χ1n) is 8.39. The van der Waals surface area contributed by atoms with Crippen molar-refractivity contribution < 1.29 is 4.74 Å². The molecule has 0 aromatic heterocycles. The molecule has 0 aliphatic heterocycles. The molecule has 23 heavy (non-hydrogen) atoms. The quantitative estimate of drug-likeness (QED) is 0.587. The summed E-state index contributed by atoms with van der Waals surface area (Å²) in [5.74, 6) is 0. The second-order valence-corrected chi connectivity index (χ2v) is 6.03. The average Bonchev–Trinajstić information content (AvgIpc) is 2.60. The summed E-state index contributed by atoms with van der Waals surface area (Å²) in [5.41, 5.74) is 2.32. The third-order valence-electron chi connectivity index (χ3n) is 4.07. The van der Waals surface area contributed by atoms with E-state index in [0.29, 0.717) is 0 Å². The molecule has 1 atom stereocenters. The highest BCUT2D eigenvalue weighted by molar-refractivity contribution is 6.30. The van der Waals surface area contributed by atoms with Gasteiger partial charge < -0.3 is 9.64 Å². The van der Waals surface area contributed by atoms with Crippen molar-refractivity contribution in [2.45, 2.75) is 26.4 Å². The van der Waals surface area contributed by atoms with E-state index in [-0.39, 0.29) is 6.10 Å². The minimum atomic E-state index is -0.0369. The summed E-state index contributed by atoms with van der Waals surface area (Å²) < 4.78 is 6.22. The fourth-order valence-electron chi connectivity index (χ4n) is 2.68. The molecule has 2 nitrogen and oxygen atoms in total. The molecule has 2 rings (SSSR count). The highest BCUT2D eigenvalue weighted by Gasteiger charge is 2.14. The van der Waals surface area contributed by atoms with E-state index in [2.05, 4.69) is 43.0 Å². The number of benzene rings is 2. The number of rotatable bonds is 9. The Labute approximate surface area is 145 Å². The number of halogens is 1. The highest BCUT2D eigenvalue weighted by atomic mass is 35.5. The van der Waals surface area contributed by atoms with Gasteiger partial charge >= 0.3 is 0 Å². The first-order chi connectivity index (χ1) is 11.2. The van der Waals surface area contributed by atoms with Crippen molar-refractivity contribution in [3.05, 3.63) is 70.7 Å². The molecule has 2 aromatic carbocycles. The minimum Gasteiger partial charge on any atom is -0.369 e. The average molecular weight is 332 g/mol. The van der Waals surface area contributed by atoms with Crippen molar-refractivity contribution >= 4 is 11.6 Å². The van der Waals surface area contributed by atoms with Gasteiger partial charge in [-0.05, 0) is 42.8 Å². The van der Waals surface area contributed by atoms with E-state index in [1.165, 1.54) is 5.56 Å². The first-order valence-corrected chi connectivity index (χ1v) is 8.76. The lowest BCUT2D eigenvalue weighted by atomic mass is 10.0. The van der Waals surface area contributed by atoms with Gasteiger partial charge in [0.25, 0.3) is 0 Å². The summed E-state index contributed by atoms with van der Waals surface area (Å²) >= 11 is 6.01. The van der Waals surface area contributed by atoms with E-state index < -0.39 is 0 Å². The number of nitrogens with zero attached hydrogens (tertiary/aromatic N) is 1. The van der Waals surface area contributed by atoms with Crippen LogP contribution in [0.2, 0.25) is 5.02 Å². The number of hydrogen-bond donors (Lipinski definition) is 0. The largest absolute Gasteiger partial charge is 0.369 e. The zero-order valence-electron chi connectivity index (χ0n) is 14.0. The van der Waals surface area contributed by atoms with Crippen LogP contribution in [0.25, 0.3) is 0 Å². The van der Waals surface area contributed by atoms with Crippen LogP contribution >= 0.6 is 11.6 Å². The maximum atomic E-state index is 6.22. The molecule has 3 heteroatoms. The van der Waals surface area contributed by atoms with Gasteiger partial charge in [0.1, 0.15) is 6.10 Å². The zero-order chi connectivity index (χ0) is 16.5. The van der Waals surface area contributed by atoms with Crippen molar-refractivity contribution in [2.75, 3.05) is 26.2 Å². The van der Waals surface area contributed by atoms with Gasteiger partial charge in [-0.25, -0.2) is 0 Å². The standard InChI is InChI=1S/C20H26ClNO/c1-3-22(4-2)15-8-16-23-20(17-9-6-5-7-10-17)18-11-13-19(21)14-12-18/h5-7,9-14,20H,3-4,8,15-16H2,1-2H3/t20-/m0/s1. The Hall–Kier alpha value is -1.35. The molecular formula is C20H26ClNO. The Morgan fingerprint density at radius 2 is 1.52 bits per heavy atom. The molecule has 0 heterocycles. The minimum absolute atomic E-state index is 0.0369. The lowest BCUT2D eigenvalue weighted by Crippen LogP contribution is -2.25. The number of hydrogen-bond acceptors (Lipinski definition) is 2. The van der Waals surface area contributed by atoms with E-state index in [4.69, 9.17) is 16.3 Å². The molecule has 0 bridgehead atoms. The zero-order valence-corrected chi connectivity index (χ0v) is 14.8. The third kappa shape index (κ3) is 5.65. The van der Waals surface area contributed by atoms with E-state index in [0.717, 1.165) is 43.2 Å². The monoisotopic (exact) mass is 331 g/mol. The topological polar surface area (TPSA) is 12.5 Å². The maximum absolute atomic E-state index is 6.22. The first kappa shape index (κ1) is 18.0. The molecule has 0 aliphatic carbocycles. The van der Waals surface area contributed by atoms with Gasteiger partial charge in [0.15, 0.2) is 0 Å². The molecule has 0 radical (unpaired) electrons. The highest BCUT2D eigenvalue weighted by Crippen LogP contribution is 2.27. The van der Waals surface area contributed by atoms with E-state index in [9.17, 15) is 0 Å². The molecule has 0 aliphatic rings. The molecule has 2 aromatic rings. The summed E-state index contributed by atoms with van der Waals surface area (Å²) in [6.45, 7) is 8.41. The van der Waals surface area contributed by atoms with Crippen molar-refractivity contribution in [2.24, 2.45) is 0 Å². The lowest BCUT2D eigenvalue weighted by molar-refractivity contribution is 0.0722. The van der Waals surface area contributed by atoms with Crippen molar-refractivity contribution in [1.29, 1.82) is 0 Å². The van der Waals surface area contributed by atoms with Gasteiger partial charge in [0.05, 0.1) is 0 Å². The summed E-state index contributed by atoms with van der Waals surface area (Å²) in [5, 5.41) is 0.752. The SMILES string of the molecule is CCN(CC)CCCO[C@@H](c1ccccc1)c1ccc(Cl)cc1. The molecule has 124 valence electrons. The Kier molecular flexibility index (Phi) is 7.60. The van der Waals surface area contributed by atoms with Crippen LogP contribution in [0.5, 0.6) is 0 Å². The fraction of sp³-hybridized carbons (Fsp3) is 0.400. The summed E-state index contributed by atoms with van der Waals surface area (Å²) in [4.78, 5) is 2.42. The van der Waals surface area contributed by atoms with Gasteiger partial charge in [-0.15, -0.1) is 0 Å². The van der Waals surface area contributed by atoms with Crippen molar-refractivity contribution in [3.63, 3.8) is 0 Å². The van der Waals surface area contributed by atoms with Gasteiger partial charge in [0.2, 0.25) is 0 Å². The van der Waals surface area contributed by atoms with Gasteiger partial charge in [0, 0.05) is 18.2 Å². The van der Waals surface area contributed by atoms with E-state index in [1.54, 1.807) is 0 Å². The van der Waals surface area contributed by atoms with Gasteiger partial charge in [-0.1, -0.05) is 67.9 Å². The Morgan fingerprint density at radius 1 is 0.913 bits per heavy atom. The predicted octanol–water partition coefficient (Wildman–Crippen LogP) is 5.18. The Bertz CT molecular complexity index is 552. The van der Waals surface area contributed by atoms with Gasteiger partial charge in [-0.2, -0.15) is 0 Å². The molecule has 0 spiro atoms. The molecule has 0 saturated carbocycles. The second-order valence-electron chi connectivity index (χ2n) is 5.59. The second kappa shape index (κ2) is 9.71. The van der Waals surface area contributed by atoms with Crippen LogP contribution in [0.1, 0.15) is 37.5 Å². The van der Waals surface area contributed by atoms with Gasteiger partial charge in [-0.3, -0.25) is 0 Å². The maximum Gasteiger partial charge on any atom is 0.108 e. The summed E-state index contributed by atoms with van der Waals surface area (Å²) in [6, 6.07) is 18.3. The molecule has 0 fully saturated rings. The molecule has 0 N–H and O–H groups in total. The van der Waals surface area contributed by atoms with E-state index >= 15 is 0 Å². The van der Waals surface area contributed by atoms with Crippen molar-refractivity contribution in [1.82, 2.24) is 4.90 Å². The molecule has 0 saturated heterocycles.